The first kappa shape index (κ1) is 12.7. The predicted molar refractivity (Wildman–Crippen MR) is 69.0 cm³/mol. The van der Waals surface area contributed by atoms with E-state index in [4.69, 9.17) is 4.74 Å². The number of aryl methyl sites for hydroxylation is 1. The van der Waals surface area contributed by atoms with E-state index in [0.29, 0.717) is 6.54 Å². The third-order valence-electron chi connectivity index (χ3n) is 3.51. The lowest BCUT2D eigenvalue weighted by Crippen LogP contribution is -2.30. The summed E-state index contributed by atoms with van der Waals surface area (Å²) < 4.78 is 5.92. The van der Waals surface area contributed by atoms with Crippen molar-refractivity contribution in [3.8, 4) is 5.75 Å². The van der Waals surface area contributed by atoms with Crippen molar-refractivity contribution in [2.24, 2.45) is 0 Å². The van der Waals surface area contributed by atoms with Crippen LogP contribution in [-0.4, -0.2) is 30.4 Å². The fourth-order valence-corrected chi connectivity index (χ4v) is 2.62. The van der Waals surface area contributed by atoms with Crippen LogP contribution in [0.2, 0.25) is 0 Å². The monoisotopic (exact) mass is 255 g/mol. The number of rotatable bonds is 2. The fraction of sp³-hybridized carbons (Fsp3) is 0.538. The summed E-state index contributed by atoms with van der Waals surface area (Å²) in [6, 6.07) is 6.25. The largest absolute Gasteiger partial charge is 0.486 e. The van der Waals surface area contributed by atoms with Gasteiger partial charge in [0.25, 0.3) is 0 Å². The van der Waals surface area contributed by atoms with Gasteiger partial charge in [-0.3, -0.25) is 0 Å². The Morgan fingerprint density at radius 2 is 2.12 bits per heavy atom. The van der Waals surface area contributed by atoms with E-state index in [9.17, 15) is 5.11 Å². The zero-order valence-corrected chi connectivity index (χ0v) is 10.5. The standard InChI is InChI=1S/C13H17NO2.ClH/c15-11-7-14-8-13(11)16-12-6-2-4-9-3-1-5-10(9)12;/h2,4,6,11,13-15H,1,3,5,7-8H2;1H. The van der Waals surface area contributed by atoms with Crippen molar-refractivity contribution in [1.29, 1.82) is 0 Å². The number of benzene rings is 1. The number of halogens is 1. The van der Waals surface area contributed by atoms with Gasteiger partial charge in [0.1, 0.15) is 18.0 Å². The maximum atomic E-state index is 9.71. The van der Waals surface area contributed by atoms with E-state index in [1.165, 1.54) is 17.5 Å². The molecule has 1 aliphatic heterocycles. The summed E-state index contributed by atoms with van der Waals surface area (Å²) in [5.74, 6) is 0.975. The molecule has 1 heterocycles. The van der Waals surface area contributed by atoms with Gasteiger partial charge >= 0.3 is 0 Å². The van der Waals surface area contributed by atoms with Crippen molar-refractivity contribution in [3.63, 3.8) is 0 Å². The van der Waals surface area contributed by atoms with Crippen LogP contribution in [0.5, 0.6) is 5.75 Å². The van der Waals surface area contributed by atoms with Gasteiger partial charge in [-0.25, -0.2) is 0 Å². The molecular formula is C13H18ClNO2. The van der Waals surface area contributed by atoms with Crippen LogP contribution < -0.4 is 10.1 Å². The summed E-state index contributed by atoms with van der Waals surface area (Å²) >= 11 is 0. The van der Waals surface area contributed by atoms with E-state index >= 15 is 0 Å². The van der Waals surface area contributed by atoms with E-state index in [0.717, 1.165) is 25.1 Å². The van der Waals surface area contributed by atoms with E-state index < -0.39 is 0 Å². The zero-order valence-electron chi connectivity index (χ0n) is 9.69. The van der Waals surface area contributed by atoms with Crippen molar-refractivity contribution in [3.05, 3.63) is 29.3 Å². The Morgan fingerprint density at radius 3 is 2.88 bits per heavy atom. The minimum absolute atomic E-state index is 0. The van der Waals surface area contributed by atoms with E-state index in [1.807, 2.05) is 12.1 Å². The molecule has 94 valence electrons. The summed E-state index contributed by atoms with van der Waals surface area (Å²) in [7, 11) is 0. The Labute approximate surface area is 108 Å². The molecule has 3 rings (SSSR count). The third kappa shape index (κ3) is 2.41. The number of aliphatic hydroxyl groups is 1. The van der Waals surface area contributed by atoms with Crippen molar-refractivity contribution < 1.29 is 9.84 Å². The SMILES string of the molecule is Cl.OC1CNCC1Oc1cccc2c1CCC2. The van der Waals surface area contributed by atoms with Crippen LogP contribution in [0.3, 0.4) is 0 Å². The molecule has 0 spiro atoms. The highest BCUT2D eigenvalue weighted by Gasteiger charge is 2.28. The number of fused-ring (bicyclic) bond motifs is 1. The van der Waals surface area contributed by atoms with Crippen LogP contribution in [0, 0.1) is 0 Å². The van der Waals surface area contributed by atoms with Gasteiger partial charge in [0.15, 0.2) is 0 Å². The molecule has 0 bridgehead atoms. The number of ether oxygens (including phenoxy) is 1. The molecule has 0 amide bonds. The molecule has 17 heavy (non-hydrogen) atoms. The van der Waals surface area contributed by atoms with Crippen LogP contribution in [0.15, 0.2) is 18.2 Å². The second kappa shape index (κ2) is 5.25. The summed E-state index contributed by atoms with van der Waals surface area (Å²) in [6.07, 6.45) is 3.03. The van der Waals surface area contributed by atoms with E-state index in [1.54, 1.807) is 0 Å². The molecule has 4 heteroatoms. The lowest BCUT2D eigenvalue weighted by Gasteiger charge is -2.18. The molecule has 1 aromatic rings. The van der Waals surface area contributed by atoms with Gasteiger partial charge in [-0.05, 0) is 36.5 Å². The second-order valence-corrected chi connectivity index (χ2v) is 4.63. The molecule has 1 aromatic carbocycles. The summed E-state index contributed by atoms with van der Waals surface area (Å²) in [5, 5.41) is 12.8. The third-order valence-corrected chi connectivity index (χ3v) is 3.51. The van der Waals surface area contributed by atoms with Gasteiger partial charge in [0, 0.05) is 13.1 Å². The number of nitrogens with one attached hydrogen (secondary N) is 1. The van der Waals surface area contributed by atoms with Gasteiger partial charge in [0.05, 0.1) is 0 Å². The normalized spacial score (nSPS) is 26.4. The van der Waals surface area contributed by atoms with Crippen LogP contribution in [-0.2, 0) is 12.8 Å². The predicted octanol–water partition coefficient (Wildman–Crippen LogP) is 1.31. The highest BCUT2D eigenvalue weighted by molar-refractivity contribution is 5.85. The smallest absolute Gasteiger partial charge is 0.138 e. The first-order valence-electron chi connectivity index (χ1n) is 6.01. The minimum atomic E-state index is -0.378. The van der Waals surface area contributed by atoms with Crippen LogP contribution in [0.4, 0.5) is 0 Å². The van der Waals surface area contributed by atoms with Gasteiger partial charge in [-0.2, -0.15) is 0 Å². The van der Waals surface area contributed by atoms with Crippen LogP contribution in [0.1, 0.15) is 17.5 Å². The number of β-amino-alcohol motifs (C(OH)–C–C–N with tert-alkyl or cyclic N) is 1. The Kier molecular flexibility index (Phi) is 3.92. The average molecular weight is 256 g/mol. The van der Waals surface area contributed by atoms with Crippen LogP contribution in [0.25, 0.3) is 0 Å². The van der Waals surface area contributed by atoms with Crippen molar-refractivity contribution in [2.75, 3.05) is 13.1 Å². The highest BCUT2D eigenvalue weighted by atomic mass is 35.5. The lowest BCUT2D eigenvalue weighted by atomic mass is 10.1. The fourth-order valence-electron chi connectivity index (χ4n) is 2.62. The molecule has 0 saturated carbocycles. The molecular weight excluding hydrogens is 238 g/mol. The number of hydrogen-bond donors (Lipinski definition) is 2. The Morgan fingerprint density at radius 1 is 1.24 bits per heavy atom. The second-order valence-electron chi connectivity index (χ2n) is 4.63. The molecule has 0 radical (unpaired) electrons. The van der Waals surface area contributed by atoms with E-state index in [2.05, 4.69) is 11.4 Å². The first-order chi connectivity index (χ1) is 7.84. The van der Waals surface area contributed by atoms with Gasteiger partial charge in [0.2, 0.25) is 0 Å². The topological polar surface area (TPSA) is 41.5 Å². The Balaban J connectivity index is 0.00000108. The molecule has 1 fully saturated rings. The molecule has 0 aromatic heterocycles. The molecule has 3 nitrogen and oxygen atoms in total. The average Bonchev–Trinajstić information content (AvgIpc) is 2.89. The van der Waals surface area contributed by atoms with Gasteiger partial charge in [-0.15, -0.1) is 12.4 Å². The number of aliphatic hydroxyl groups excluding tert-OH is 1. The lowest BCUT2D eigenvalue weighted by molar-refractivity contribution is 0.0732. The quantitative estimate of drug-likeness (QED) is 0.837. The van der Waals surface area contributed by atoms with Crippen molar-refractivity contribution in [1.82, 2.24) is 5.32 Å². The number of hydrogen-bond acceptors (Lipinski definition) is 3. The van der Waals surface area contributed by atoms with Crippen molar-refractivity contribution >= 4 is 12.4 Å². The Hall–Kier alpha value is -0.770. The van der Waals surface area contributed by atoms with Crippen molar-refractivity contribution in [2.45, 2.75) is 31.5 Å². The molecule has 2 aliphatic rings. The maximum Gasteiger partial charge on any atom is 0.138 e. The van der Waals surface area contributed by atoms with Gasteiger partial charge in [-0.1, -0.05) is 12.1 Å². The summed E-state index contributed by atoms with van der Waals surface area (Å²) in [5.41, 5.74) is 2.76. The van der Waals surface area contributed by atoms with E-state index in [-0.39, 0.29) is 24.6 Å². The minimum Gasteiger partial charge on any atom is -0.486 e. The molecule has 2 atom stereocenters. The molecule has 2 N–H and O–H groups in total. The molecule has 1 saturated heterocycles. The summed E-state index contributed by atoms with van der Waals surface area (Å²) in [4.78, 5) is 0. The highest BCUT2D eigenvalue weighted by Crippen LogP contribution is 2.31. The van der Waals surface area contributed by atoms with Crippen LogP contribution >= 0.6 is 12.4 Å². The Bertz CT molecular complexity index is 397. The van der Waals surface area contributed by atoms with Gasteiger partial charge < -0.3 is 15.2 Å². The first-order valence-corrected chi connectivity index (χ1v) is 6.01. The molecule has 2 unspecified atom stereocenters. The molecule has 1 aliphatic carbocycles. The maximum absolute atomic E-state index is 9.71. The summed E-state index contributed by atoms with van der Waals surface area (Å²) in [6.45, 7) is 1.38. The zero-order chi connectivity index (χ0) is 11.0.